The Labute approximate surface area is 114 Å². The van der Waals surface area contributed by atoms with Gasteiger partial charge in [-0.15, -0.1) is 10.2 Å². The van der Waals surface area contributed by atoms with Gasteiger partial charge in [0.1, 0.15) is 0 Å². The zero-order valence-electron chi connectivity index (χ0n) is 11.4. The molecular weight excluding hydrogens is 238 g/mol. The number of rotatable bonds is 8. The summed E-state index contributed by atoms with van der Waals surface area (Å²) in [6.07, 6.45) is 7.86. The largest absolute Gasteiger partial charge is 0.423 e. The Morgan fingerprint density at radius 3 is 2.53 bits per heavy atom. The Kier molecular flexibility index (Phi) is 5.41. The molecule has 0 spiro atoms. The van der Waals surface area contributed by atoms with Crippen molar-refractivity contribution >= 4 is 5.69 Å². The highest BCUT2D eigenvalue weighted by atomic mass is 16.4. The van der Waals surface area contributed by atoms with Crippen LogP contribution in [0.15, 0.2) is 35.1 Å². The van der Waals surface area contributed by atoms with Gasteiger partial charge in [0.25, 0.3) is 0 Å². The lowest BCUT2D eigenvalue weighted by Gasteiger charge is -2.06. The standard InChI is InChI=1S/C15H21N3O/c1-2-3-4-5-6-11-16-14-9-7-13(8-10-14)15-18-17-12-19-15/h7-10,12,16H,2-6,11H2,1H3. The van der Waals surface area contributed by atoms with Crippen molar-refractivity contribution in [2.75, 3.05) is 11.9 Å². The number of nitrogens with zero attached hydrogens (tertiary/aromatic N) is 2. The van der Waals surface area contributed by atoms with Gasteiger partial charge in [0, 0.05) is 17.8 Å². The Balaban J connectivity index is 1.73. The lowest BCUT2D eigenvalue weighted by molar-refractivity contribution is 0.568. The fourth-order valence-electron chi connectivity index (χ4n) is 1.99. The fourth-order valence-corrected chi connectivity index (χ4v) is 1.99. The van der Waals surface area contributed by atoms with Gasteiger partial charge in [0.2, 0.25) is 12.3 Å². The van der Waals surface area contributed by atoms with Crippen molar-refractivity contribution < 1.29 is 4.42 Å². The summed E-state index contributed by atoms with van der Waals surface area (Å²) in [7, 11) is 0. The molecule has 0 aliphatic heterocycles. The monoisotopic (exact) mass is 259 g/mol. The molecule has 1 aromatic heterocycles. The van der Waals surface area contributed by atoms with Crippen LogP contribution in [0.25, 0.3) is 11.5 Å². The molecule has 0 aliphatic rings. The summed E-state index contributed by atoms with van der Waals surface area (Å²) in [5.41, 5.74) is 2.09. The van der Waals surface area contributed by atoms with Crippen LogP contribution >= 0.6 is 0 Å². The number of nitrogens with one attached hydrogen (secondary N) is 1. The SMILES string of the molecule is CCCCCCCNc1ccc(-c2nnco2)cc1. The van der Waals surface area contributed by atoms with E-state index in [4.69, 9.17) is 4.42 Å². The summed E-state index contributed by atoms with van der Waals surface area (Å²) in [5, 5.41) is 11.0. The molecule has 0 aliphatic carbocycles. The minimum absolute atomic E-state index is 0.561. The highest BCUT2D eigenvalue weighted by molar-refractivity contribution is 5.57. The molecule has 2 aromatic rings. The fraction of sp³-hybridized carbons (Fsp3) is 0.467. The smallest absolute Gasteiger partial charge is 0.247 e. The zero-order chi connectivity index (χ0) is 13.3. The Morgan fingerprint density at radius 1 is 1.05 bits per heavy atom. The summed E-state index contributed by atoms with van der Waals surface area (Å²) in [4.78, 5) is 0. The lowest BCUT2D eigenvalue weighted by atomic mass is 10.1. The van der Waals surface area contributed by atoms with E-state index in [0.717, 1.165) is 17.8 Å². The first-order valence-electron chi connectivity index (χ1n) is 7.00. The first-order chi connectivity index (χ1) is 9.40. The van der Waals surface area contributed by atoms with Crippen molar-refractivity contribution in [3.8, 4) is 11.5 Å². The first kappa shape index (κ1) is 13.6. The summed E-state index contributed by atoms with van der Waals surface area (Å²) in [6.45, 7) is 3.27. The number of hydrogen-bond donors (Lipinski definition) is 1. The van der Waals surface area contributed by atoms with E-state index in [1.54, 1.807) is 0 Å². The predicted octanol–water partition coefficient (Wildman–Crippen LogP) is 4.12. The number of unbranched alkanes of at least 4 members (excludes halogenated alkanes) is 4. The highest BCUT2D eigenvalue weighted by Crippen LogP contribution is 2.18. The topological polar surface area (TPSA) is 51.0 Å². The van der Waals surface area contributed by atoms with E-state index in [1.807, 2.05) is 24.3 Å². The Bertz CT molecular complexity index is 451. The molecule has 4 nitrogen and oxygen atoms in total. The van der Waals surface area contributed by atoms with E-state index in [-0.39, 0.29) is 0 Å². The van der Waals surface area contributed by atoms with Crippen LogP contribution < -0.4 is 5.32 Å². The van der Waals surface area contributed by atoms with Crippen molar-refractivity contribution in [2.24, 2.45) is 0 Å². The molecule has 0 amide bonds. The summed E-state index contributed by atoms with van der Waals surface area (Å²) in [5.74, 6) is 0.561. The number of hydrogen-bond acceptors (Lipinski definition) is 4. The van der Waals surface area contributed by atoms with Crippen LogP contribution in [0.4, 0.5) is 5.69 Å². The summed E-state index contributed by atoms with van der Waals surface area (Å²) in [6, 6.07) is 8.08. The molecule has 0 fully saturated rings. The molecule has 1 aromatic carbocycles. The third-order valence-corrected chi connectivity index (χ3v) is 3.10. The molecule has 0 bridgehead atoms. The molecule has 0 atom stereocenters. The molecule has 0 unspecified atom stereocenters. The van der Waals surface area contributed by atoms with E-state index in [0.29, 0.717) is 5.89 Å². The number of anilines is 1. The van der Waals surface area contributed by atoms with Crippen LogP contribution in [-0.2, 0) is 0 Å². The first-order valence-corrected chi connectivity index (χ1v) is 7.00. The van der Waals surface area contributed by atoms with Gasteiger partial charge in [-0.25, -0.2) is 0 Å². The van der Waals surface area contributed by atoms with E-state index in [9.17, 15) is 0 Å². The summed E-state index contributed by atoms with van der Waals surface area (Å²) >= 11 is 0. The average molecular weight is 259 g/mol. The maximum Gasteiger partial charge on any atom is 0.247 e. The van der Waals surface area contributed by atoms with Crippen molar-refractivity contribution in [1.29, 1.82) is 0 Å². The lowest BCUT2D eigenvalue weighted by Crippen LogP contribution is -2.01. The minimum Gasteiger partial charge on any atom is -0.423 e. The van der Waals surface area contributed by atoms with Crippen LogP contribution in [0, 0.1) is 0 Å². The van der Waals surface area contributed by atoms with Crippen molar-refractivity contribution in [2.45, 2.75) is 39.0 Å². The van der Waals surface area contributed by atoms with E-state index in [1.165, 1.54) is 38.5 Å². The number of benzene rings is 1. The molecule has 1 heterocycles. The predicted molar refractivity (Wildman–Crippen MR) is 77.0 cm³/mol. The second-order valence-electron chi connectivity index (χ2n) is 4.66. The molecule has 0 saturated carbocycles. The molecule has 19 heavy (non-hydrogen) atoms. The van der Waals surface area contributed by atoms with Gasteiger partial charge in [0.15, 0.2) is 0 Å². The average Bonchev–Trinajstić information content (AvgIpc) is 2.97. The zero-order valence-corrected chi connectivity index (χ0v) is 11.4. The van der Waals surface area contributed by atoms with Crippen LogP contribution in [0.2, 0.25) is 0 Å². The molecule has 0 radical (unpaired) electrons. The molecule has 2 rings (SSSR count). The second-order valence-corrected chi connectivity index (χ2v) is 4.66. The third kappa shape index (κ3) is 4.39. The Hall–Kier alpha value is -1.84. The number of aromatic nitrogens is 2. The molecular formula is C15H21N3O. The van der Waals surface area contributed by atoms with Gasteiger partial charge >= 0.3 is 0 Å². The van der Waals surface area contributed by atoms with Crippen LogP contribution in [0.5, 0.6) is 0 Å². The van der Waals surface area contributed by atoms with E-state index < -0.39 is 0 Å². The molecule has 0 saturated heterocycles. The van der Waals surface area contributed by atoms with Crippen LogP contribution in [0.1, 0.15) is 39.0 Å². The van der Waals surface area contributed by atoms with Crippen LogP contribution in [0.3, 0.4) is 0 Å². The van der Waals surface area contributed by atoms with Crippen molar-refractivity contribution in [1.82, 2.24) is 10.2 Å². The van der Waals surface area contributed by atoms with Gasteiger partial charge in [-0.3, -0.25) is 0 Å². The van der Waals surface area contributed by atoms with Crippen molar-refractivity contribution in [3.63, 3.8) is 0 Å². The molecule has 4 heteroatoms. The van der Waals surface area contributed by atoms with Gasteiger partial charge in [-0.1, -0.05) is 32.6 Å². The van der Waals surface area contributed by atoms with Crippen LogP contribution in [-0.4, -0.2) is 16.7 Å². The Morgan fingerprint density at radius 2 is 1.84 bits per heavy atom. The third-order valence-electron chi connectivity index (χ3n) is 3.10. The van der Waals surface area contributed by atoms with Gasteiger partial charge in [0.05, 0.1) is 0 Å². The van der Waals surface area contributed by atoms with Crippen molar-refractivity contribution in [3.05, 3.63) is 30.7 Å². The molecule has 1 N–H and O–H groups in total. The van der Waals surface area contributed by atoms with E-state index in [2.05, 4.69) is 22.4 Å². The summed E-state index contributed by atoms with van der Waals surface area (Å²) < 4.78 is 5.15. The second kappa shape index (κ2) is 7.56. The van der Waals surface area contributed by atoms with E-state index >= 15 is 0 Å². The maximum atomic E-state index is 5.15. The molecule has 102 valence electrons. The quantitative estimate of drug-likeness (QED) is 0.724. The normalized spacial score (nSPS) is 10.6. The highest BCUT2D eigenvalue weighted by Gasteiger charge is 2.02. The van der Waals surface area contributed by atoms with Gasteiger partial charge < -0.3 is 9.73 Å². The van der Waals surface area contributed by atoms with Gasteiger partial charge in [-0.05, 0) is 30.7 Å². The maximum absolute atomic E-state index is 5.15. The minimum atomic E-state index is 0.561. The van der Waals surface area contributed by atoms with Gasteiger partial charge in [-0.2, -0.15) is 0 Å².